The second-order valence-electron chi connectivity index (χ2n) is 5.64. The Morgan fingerprint density at radius 2 is 1.50 bits per heavy atom. The molecule has 5 rings (SSSR count). The van der Waals surface area contributed by atoms with Gasteiger partial charge in [-0.3, -0.25) is 4.40 Å². The first-order chi connectivity index (χ1) is 10.9. The van der Waals surface area contributed by atoms with Crippen molar-refractivity contribution in [2.45, 2.75) is 6.42 Å². The summed E-state index contributed by atoms with van der Waals surface area (Å²) in [6, 6.07) is 17.1. The van der Waals surface area contributed by atoms with E-state index in [1.54, 1.807) is 0 Å². The second kappa shape index (κ2) is 4.31. The maximum absolute atomic E-state index is 4.92. The maximum Gasteiger partial charge on any atom is 0.146 e. The molecule has 2 aromatic carbocycles. The summed E-state index contributed by atoms with van der Waals surface area (Å²) in [6.45, 7) is 0. The van der Waals surface area contributed by atoms with Crippen molar-refractivity contribution in [1.82, 2.24) is 9.38 Å². The van der Waals surface area contributed by atoms with E-state index in [-0.39, 0.29) is 0 Å². The summed E-state index contributed by atoms with van der Waals surface area (Å²) in [5, 5.41) is 3.74. The average molecular weight is 282 g/mol. The minimum atomic E-state index is 0.962. The van der Waals surface area contributed by atoms with Gasteiger partial charge in [0.05, 0.1) is 16.9 Å². The van der Waals surface area contributed by atoms with E-state index in [1.165, 1.54) is 27.4 Å². The highest BCUT2D eigenvalue weighted by Crippen LogP contribution is 2.32. The molecule has 0 bridgehead atoms. The molecule has 0 unspecified atom stereocenters. The molecule has 1 aliphatic rings. The van der Waals surface area contributed by atoms with E-state index in [4.69, 9.17) is 4.98 Å². The standard InChI is InChI=1S/C20H14N2/c1-2-11-17-19(13-3-1)22-18-12-7-6-9-15(18)14-8-4-5-10-16(14)20(22)21-17/h2-13H,1H2. The Balaban J connectivity index is 2.14. The molecule has 2 aromatic heterocycles. The molecule has 0 amide bonds. The zero-order chi connectivity index (χ0) is 14.5. The van der Waals surface area contributed by atoms with Gasteiger partial charge in [0.2, 0.25) is 0 Å². The van der Waals surface area contributed by atoms with Gasteiger partial charge in [-0.1, -0.05) is 54.6 Å². The van der Waals surface area contributed by atoms with Gasteiger partial charge in [-0.25, -0.2) is 4.98 Å². The first kappa shape index (κ1) is 11.8. The number of aromatic nitrogens is 2. The van der Waals surface area contributed by atoms with E-state index in [2.05, 4.69) is 77.2 Å². The highest BCUT2D eigenvalue weighted by molar-refractivity contribution is 6.12. The Morgan fingerprint density at radius 3 is 2.41 bits per heavy atom. The average Bonchev–Trinajstić information content (AvgIpc) is 2.79. The predicted molar refractivity (Wildman–Crippen MR) is 92.9 cm³/mol. The van der Waals surface area contributed by atoms with Crippen molar-refractivity contribution in [2.24, 2.45) is 0 Å². The molecular weight excluding hydrogens is 268 g/mol. The number of pyridine rings is 1. The van der Waals surface area contributed by atoms with E-state index in [0.717, 1.165) is 17.8 Å². The van der Waals surface area contributed by atoms with Gasteiger partial charge in [0.25, 0.3) is 0 Å². The summed E-state index contributed by atoms with van der Waals surface area (Å²) in [4.78, 5) is 4.92. The third-order valence-corrected chi connectivity index (χ3v) is 4.37. The molecule has 2 nitrogen and oxygen atoms in total. The minimum absolute atomic E-state index is 0.962. The van der Waals surface area contributed by atoms with Gasteiger partial charge in [0.1, 0.15) is 5.65 Å². The molecule has 2 heterocycles. The van der Waals surface area contributed by atoms with Gasteiger partial charge >= 0.3 is 0 Å². The normalized spacial score (nSPS) is 13.8. The number of allylic oxidation sites excluding steroid dienone is 2. The van der Waals surface area contributed by atoms with Crippen LogP contribution in [0.3, 0.4) is 0 Å². The van der Waals surface area contributed by atoms with Crippen LogP contribution in [0, 0.1) is 0 Å². The zero-order valence-corrected chi connectivity index (χ0v) is 12.0. The summed E-state index contributed by atoms with van der Waals surface area (Å²) in [6.07, 6.45) is 9.64. The molecule has 0 saturated carbocycles. The molecule has 104 valence electrons. The highest BCUT2D eigenvalue weighted by Gasteiger charge is 2.15. The Hall–Kier alpha value is -2.87. The van der Waals surface area contributed by atoms with Crippen molar-refractivity contribution < 1.29 is 0 Å². The number of hydrogen-bond donors (Lipinski definition) is 0. The van der Waals surface area contributed by atoms with Crippen molar-refractivity contribution in [3.05, 3.63) is 72.1 Å². The van der Waals surface area contributed by atoms with E-state index in [0.29, 0.717) is 0 Å². The van der Waals surface area contributed by atoms with Crippen LogP contribution in [0.25, 0.3) is 39.5 Å². The number of fused-ring (bicyclic) bond motifs is 8. The van der Waals surface area contributed by atoms with Crippen molar-refractivity contribution in [1.29, 1.82) is 0 Å². The highest BCUT2D eigenvalue weighted by atomic mass is 15.0. The Morgan fingerprint density at radius 1 is 0.773 bits per heavy atom. The summed E-state index contributed by atoms with van der Waals surface area (Å²) in [5.74, 6) is 0. The third-order valence-electron chi connectivity index (χ3n) is 4.37. The summed E-state index contributed by atoms with van der Waals surface area (Å²) in [7, 11) is 0. The van der Waals surface area contributed by atoms with Gasteiger partial charge in [0.15, 0.2) is 0 Å². The van der Waals surface area contributed by atoms with Crippen LogP contribution in [0.15, 0.2) is 60.7 Å². The fraction of sp³-hybridized carbons (Fsp3) is 0.0500. The minimum Gasteiger partial charge on any atom is -0.292 e. The molecule has 22 heavy (non-hydrogen) atoms. The van der Waals surface area contributed by atoms with Crippen molar-refractivity contribution in [2.75, 3.05) is 0 Å². The van der Waals surface area contributed by atoms with Crippen LogP contribution < -0.4 is 0 Å². The van der Waals surface area contributed by atoms with E-state index < -0.39 is 0 Å². The Kier molecular flexibility index (Phi) is 2.30. The molecule has 2 heteroatoms. The first-order valence-electron chi connectivity index (χ1n) is 7.58. The fourth-order valence-corrected chi connectivity index (χ4v) is 3.40. The van der Waals surface area contributed by atoms with Gasteiger partial charge in [0, 0.05) is 10.8 Å². The molecule has 0 atom stereocenters. The monoisotopic (exact) mass is 282 g/mol. The number of rotatable bonds is 0. The van der Waals surface area contributed by atoms with Crippen LogP contribution in [-0.4, -0.2) is 9.38 Å². The molecule has 0 aliphatic heterocycles. The van der Waals surface area contributed by atoms with Gasteiger partial charge in [-0.15, -0.1) is 0 Å². The lowest BCUT2D eigenvalue weighted by Gasteiger charge is -2.09. The number of nitrogens with zero attached hydrogens (tertiary/aromatic N) is 2. The number of para-hydroxylation sites is 1. The number of hydrogen-bond acceptors (Lipinski definition) is 1. The van der Waals surface area contributed by atoms with Gasteiger partial charge < -0.3 is 0 Å². The van der Waals surface area contributed by atoms with Crippen molar-refractivity contribution in [3.63, 3.8) is 0 Å². The van der Waals surface area contributed by atoms with Crippen LogP contribution in [0.5, 0.6) is 0 Å². The second-order valence-corrected chi connectivity index (χ2v) is 5.64. The van der Waals surface area contributed by atoms with Crippen LogP contribution in [0.4, 0.5) is 0 Å². The quantitative estimate of drug-likeness (QED) is 0.411. The van der Waals surface area contributed by atoms with E-state index >= 15 is 0 Å². The van der Waals surface area contributed by atoms with Crippen molar-refractivity contribution in [3.8, 4) is 0 Å². The number of benzene rings is 2. The van der Waals surface area contributed by atoms with E-state index in [1.807, 2.05) is 0 Å². The lowest BCUT2D eigenvalue weighted by molar-refractivity contribution is 1.24. The zero-order valence-electron chi connectivity index (χ0n) is 12.0. The summed E-state index contributed by atoms with van der Waals surface area (Å²) >= 11 is 0. The van der Waals surface area contributed by atoms with Crippen LogP contribution in [-0.2, 0) is 0 Å². The molecule has 0 spiro atoms. The smallest absolute Gasteiger partial charge is 0.146 e. The lowest BCUT2D eigenvalue weighted by Crippen LogP contribution is -1.93. The molecule has 4 aromatic rings. The Labute approximate surface area is 128 Å². The maximum atomic E-state index is 4.92. The topological polar surface area (TPSA) is 17.3 Å². The first-order valence-corrected chi connectivity index (χ1v) is 7.58. The summed E-state index contributed by atoms with van der Waals surface area (Å²) in [5.41, 5.74) is 4.47. The molecule has 0 saturated heterocycles. The van der Waals surface area contributed by atoms with Crippen LogP contribution in [0.1, 0.15) is 17.8 Å². The largest absolute Gasteiger partial charge is 0.292 e. The fourth-order valence-electron chi connectivity index (χ4n) is 3.40. The molecule has 0 radical (unpaired) electrons. The number of imidazole rings is 1. The van der Waals surface area contributed by atoms with Gasteiger partial charge in [-0.05, 0) is 30.0 Å². The predicted octanol–water partition coefficient (Wildman–Crippen LogP) is 5.07. The van der Waals surface area contributed by atoms with Crippen LogP contribution >= 0.6 is 0 Å². The lowest BCUT2D eigenvalue weighted by atomic mass is 10.1. The van der Waals surface area contributed by atoms with Crippen LogP contribution in [0.2, 0.25) is 0 Å². The molecule has 0 fully saturated rings. The SMILES string of the molecule is C1=Cc2nc3c4ccccc4c4ccccc4n3c2C=CC1. The third kappa shape index (κ3) is 1.47. The van der Waals surface area contributed by atoms with Gasteiger partial charge in [-0.2, -0.15) is 0 Å². The van der Waals surface area contributed by atoms with E-state index in [9.17, 15) is 0 Å². The van der Waals surface area contributed by atoms with Crippen molar-refractivity contribution >= 4 is 39.5 Å². The molecule has 0 N–H and O–H groups in total. The Bertz CT molecular complexity index is 1100. The molecular formula is C20H14N2. The summed E-state index contributed by atoms with van der Waals surface area (Å²) < 4.78 is 2.29. The molecule has 1 aliphatic carbocycles.